The third-order valence-corrected chi connectivity index (χ3v) is 3.03. The number of non-ortho nitro benzene ring substituents is 1. The van der Waals surface area contributed by atoms with Gasteiger partial charge in [0.05, 0.1) is 24.0 Å². The molecule has 0 radical (unpaired) electrons. The molecule has 6 heteroatoms. The van der Waals surface area contributed by atoms with Crippen LogP contribution in [0.5, 0.6) is 5.75 Å². The van der Waals surface area contributed by atoms with E-state index in [9.17, 15) is 10.1 Å². The number of methoxy groups -OCH3 is 1. The Morgan fingerprint density at radius 2 is 1.77 bits per heavy atom. The Hall–Kier alpha value is -3.02. The Morgan fingerprint density at radius 3 is 2.32 bits per heavy atom. The van der Waals surface area contributed by atoms with Gasteiger partial charge in [-0.25, -0.2) is 0 Å². The Labute approximate surface area is 127 Å². The zero-order valence-electron chi connectivity index (χ0n) is 12.3. The van der Waals surface area contributed by atoms with Crippen LogP contribution in [0.25, 0.3) is 0 Å². The molecule has 0 aliphatic carbocycles. The maximum Gasteiger partial charge on any atom is 0.269 e. The number of ether oxygens (including phenoxy) is 1. The lowest BCUT2D eigenvalue weighted by Crippen LogP contribution is -1.95. The van der Waals surface area contributed by atoms with Gasteiger partial charge in [0.2, 0.25) is 0 Å². The van der Waals surface area contributed by atoms with Crippen molar-refractivity contribution in [3.63, 3.8) is 0 Å². The standard InChI is InChI=1S/C16H15N3O3/c1-12(14-5-7-15(8-6-14)19(20)21)18-17-11-13-3-9-16(22-2)10-4-13/h3-11H,1-2H3/b17-11+,18-12+. The van der Waals surface area contributed by atoms with Crippen LogP contribution in [0.2, 0.25) is 0 Å². The van der Waals surface area contributed by atoms with Crippen molar-refractivity contribution in [1.82, 2.24) is 0 Å². The second-order valence-electron chi connectivity index (χ2n) is 4.51. The summed E-state index contributed by atoms with van der Waals surface area (Å²) in [6.07, 6.45) is 1.63. The predicted molar refractivity (Wildman–Crippen MR) is 85.9 cm³/mol. The van der Waals surface area contributed by atoms with Crippen molar-refractivity contribution in [3.05, 3.63) is 69.8 Å². The van der Waals surface area contributed by atoms with E-state index in [1.54, 1.807) is 32.4 Å². The minimum absolute atomic E-state index is 0.0540. The van der Waals surface area contributed by atoms with E-state index in [2.05, 4.69) is 10.2 Å². The lowest BCUT2D eigenvalue weighted by Gasteiger charge is -1.99. The van der Waals surface area contributed by atoms with Gasteiger partial charge in [-0.05, 0) is 54.4 Å². The molecule has 0 aliphatic rings. The topological polar surface area (TPSA) is 77.1 Å². The average Bonchev–Trinajstić information content (AvgIpc) is 2.55. The monoisotopic (exact) mass is 297 g/mol. The van der Waals surface area contributed by atoms with Crippen molar-refractivity contribution in [2.45, 2.75) is 6.92 Å². The van der Waals surface area contributed by atoms with Crippen LogP contribution in [0.3, 0.4) is 0 Å². The summed E-state index contributed by atoms with van der Waals surface area (Å²) < 4.78 is 5.08. The molecule has 2 rings (SSSR count). The molecule has 0 N–H and O–H groups in total. The van der Waals surface area contributed by atoms with Crippen molar-refractivity contribution in [1.29, 1.82) is 0 Å². The zero-order chi connectivity index (χ0) is 15.9. The van der Waals surface area contributed by atoms with Crippen LogP contribution in [0.1, 0.15) is 18.1 Å². The molecule has 0 aliphatic heterocycles. The lowest BCUT2D eigenvalue weighted by atomic mass is 10.1. The molecule has 0 aromatic heterocycles. The van der Waals surface area contributed by atoms with Crippen molar-refractivity contribution >= 4 is 17.6 Å². The van der Waals surface area contributed by atoms with Crippen LogP contribution in [0, 0.1) is 10.1 Å². The summed E-state index contributed by atoms with van der Waals surface area (Å²) in [5.41, 5.74) is 2.43. The fourth-order valence-corrected chi connectivity index (χ4v) is 1.75. The number of nitrogens with zero attached hydrogens (tertiary/aromatic N) is 3. The summed E-state index contributed by atoms with van der Waals surface area (Å²) in [4.78, 5) is 10.2. The normalized spacial score (nSPS) is 11.6. The molecule has 2 aromatic rings. The second kappa shape index (κ2) is 7.12. The number of nitro benzene ring substituents is 1. The van der Waals surface area contributed by atoms with Gasteiger partial charge in [0.1, 0.15) is 5.75 Å². The third-order valence-electron chi connectivity index (χ3n) is 3.03. The van der Waals surface area contributed by atoms with Crippen LogP contribution < -0.4 is 4.74 Å². The van der Waals surface area contributed by atoms with E-state index in [4.69, 9.17) is 4.74 Å². The number of hydrogen-bond acceptors (Lipinski definition) is 5. The summed E-state index contributed by atoms with van der Waals surface area (Å²) in [6, 6.07) is 13.6. The molecule has 0 amide bonds. The van der Waals surface area contributed by atoms with Gasteiger partial charge < -0.3 is 4.74 Å². The van der Waals surface area contributed by atoms with Gasteiger partial charge in [0, 0.05) is 12.1 Å². The van der Waals surface area contributed by atoms with Crippen LogP contribution in [0.15, 0.2) is 58.7 Å². The van der Waals surface area contributed by atoms with Gasteiger partial charge >= 0.3 is 0 Å². The zero-order valence-corrected chi connectivity index (χ0v) is 12.3. The van der Waals surface area contributed by atoms with Gasteiger partial charge in [-0.3, -0.25) is 10.1 Å². The highest BCUT2D eigenvalue weighted by Gasteiger charge is 2.04. The molecule has 0 heterocycles. The molecule has 6 nitrogen and oxygen atoms in total. The van der Waals surface area contributed by atoms with Crippen molar-refractivity contribution < 1.29 is 9.66 Å². The van der Waals surface area contributed by atoms with Crippen molar-refractivity contribution in [2.75, 3.05) is 7.11 Å². The summed E-state index contributed by atoms with van der Waals surface area (Å²) >= 11 is 0. The van der Waals surface area contributed by atoms with Crippen molar-refractivity contribution in [3.8, 4) is 5.75 Å². The fourth-order valence-electron chi connectivity index (χ4n) is 1.75. The summed E-state index contributed by atoms with van der Waals surface area (Å²) in [7, 11) is 1.61. The molecule has 0 saturated heterocycles. The molecule has 0 saturated carbocycles. The maximum absolute atomic E-state index is 10.6. The molecule has 0 spiro atoms. The van der Waals surface area contributed by atoms with E-state index >= 15 is 0 Å². The molecule has 2 aromatic carbocycles. The third kappa shape index (κ3) is 3.99. The van der Waals surface area contributed by atoms with E-state index in [1.807, 2.05) is 24.3 Å². The van der Waals surface area contributed by atoms with Crippen LogP contribution in [-0.4, -0.2) is 24.0 Å². The minimum atomic E-state index is -0.432. The van der Waals surface area contributed by atoms with E-state index in [1.165, 1.54) is 12.1 Å². The number of benzene rings is 2. The Kier molecular flexibility index (Phi) is 4.98. The highest BCUT2D eigenvalue weighted by Crippen LogP contribution is 2.13. The van der Waals surface area contributed by atoms with E-state index in [0.29, 0.717) is 5.71 Å². The minimum Gasteiger partial charge on any atom is -0.497 e. The van der Waals surface area contributed by atoms with Crippen LogP contribution in [0.4, 0.5) is 5.69 Å². The highest BCUT2D eigenvalue weighted by molar-refractivity contribution is 5.99. The van der Waals surface area contributed by atoms with E-state index in [0.717, 1.165) is 16.9 Å². The average molecular weight is 297 g/mol. The maximum atomic E-state index is 10.6. The molecular formula is C16H15N3O3. The summed E-state index contributed by atoms with van der Waals surface area (Å²) in [5.74, 6) is 0.780. The summed E-state index contributed by atoms with van der Waals surface area (Å²) in [6.45, 7) is 1.80. The molecule has 22 heavy (non-hydrogen) atoms. The molecule has 0 fully saturated rings. The summed E-state index contributed by atoms with van der Waals surface area (Å²) in [5, 5.41) is 18.7. The first-order valence-corrected chi connectivity index (χ1v) is 6.56. The van der Waals surface area contributed by atoms with Gasteiger partial charge in [0.15, 0.2) is 0 Å². The lowest BCUT2D eigenvalue weighted by molar-refractivity contribution is -0.384. The first kappa shape index (κ1) is 15.4. The van der Waals surface area contributed by atoms with Gasteiger partial charge in [-0.15, -0.1) is 0 Å². The van der Waals surface area contributed by atoms with Crippen LogP contribution in [-0.2, 0) is 0 Å². The van der Waals surface area contributed by atoms with Crippen LogP contribution >= 0.6 is 0 Å². The van der Waals surface area contributed by atoms with Gasteiger partial charge in [-0.1, -0.05) is 0 Å². The highest BCUT2D eigenvalue weighted by atomic mass is 16.6. The number of nitro groups is 1. The molecule has 0 bridgehead atoms. The van der Waals surface area contributed by atoms with Gasteiger partial charge in [0.25, 0.3) is 5.69 Å². The van der Waals surface area contributed by atoms with Crippen molar-refractivity contribution in [2.24, 2.45) is 10.2 Å². The van der Waals surface area contributed by atoms with E-state index in [-0.39, 0.29) is 5.69 Å². The number of hydrogen-bond donors (Lipinski definition) is 0. The molecular weight excluding hydrogens is 282 g/mol. The van der Waals surface area contributed by atoms with E-state index < -0.39 is 4.92 Å². The second-order valence-corrected chi connectivity index (χ2v) is 4.51. The predicted octanol–water partition coefficient (Wildman–Crippen LogP) is 3.45. The quantitative estimate of drug-likeness (QED) is 0.482. The number of rotatable bonds is 5. The first-order valence-electron chi connectivity index (χ1n) is 6.56. The molecule has 0 unspecified atom stereocenters. The first-order chi connectivity index (χ1) is 10.6. The van der Waals surface area contributed by atoms with Gasteiger partial charge in [-0.2, -0.15) is 10.2 Å². The largest absolute Gasteiger partial charge is 0.497 e. The molecule has 112 valence electrons. The Balaban J connectivity index is 2.07. The smallest absolute Gasteiger partial charge is 0.269 e. The Morgan fingerprint density at radius 1 is 1.14 bits per heavy atom. The molecule has 0 atom stereocenters. The fraction of sp³-hybridized carbons (Fsp3) is 0.125. The SMILES string of the molecule is COc1ccc(/C=N/N=C(\C)c2ccc([N+](=O)[O-])cc2)cc1. The Bertz CT molecular complexity index is 704.